The van der Waals surface area contributed by atoms with Crippen LogP contribution in [0.4, 0.5) is 5.00 Å². The van der Waals surface area contributed by atoms with Gasteiger partial charge in [0, 0.05) is 30.4 Å². The Bertz CT molecular complexity index is 816. The Hall–Kier alpha value is -2.17. The maximum atomic E-state index is 12.4. The molecule has 0 atom stereocenters. The number of hydrogen-bond acceptors (Lipinski definition) is 5. The van der Waals surface area contributed by atoms with Gasteiger partial charge in [0.25, 0.3) is 0 Å². The number of amides is 1. The van der Waals surface area contributed by atoms with E-state index in [2.05, 4.69) is 25.8 Å². The van der Waals surface area contributed by atoms with Crippen molar-refractivity contribution in [2.45, 2.75) is 38.8 Å². The fraction of sp³-hybridized carbons (Fsp3) is 0.471. The molecule has 4 rings (SSSR count). The van der Waals surface area contributed by atoms with Gasteiger partial charge in [-0.05, 0) is 31.2 Å². The molecule has 1 amide bonds. The quantitative estimate of drug-likeness (QED) is 0.928. The first-order chi connectivity index (χ1) is 11.7. The standard InChI is InChI=1S/C17H19N5OS/c18-9-13-12-3-1-2-4-14(12)24-17(13)20-16(23)11-21-7-8-22-6-5-19-15(22)10-21/h5-6H,1-4,7-8,10-11H2,(H,20,23). The average Bonchev–Trinajstić information content (AvgIpc) is 3.17. The van der Waals surface area contributed by atoms with E-state index >= 15 is 0 Å². The molecule has 7 heteroatoms. The van der Waals surface area contributed by atoms with Crippen LogP contribution in [0.5, 0.6) is 0 Å². The van der Waals surface area contributed by atoms with E-state index in [0.717, 1.165) is 48.7 Å². The van der Waals surface area contributed by atoms with Crippen molar-refractivity contribution in [1.82, 2.24) is 14.5 Å². The molecule has 2 aromatic rings. The van der Waals surface area contributed by atoms with E-state index < -0.39 is 0 Å². The second kappa shape index (κ2) is 6.38. The molecule has 2 aliphatic rings. The lowest BCUT2D eigenvalue weighted by atomic mass is 9.96. The van der Waals surface area contributed by atoms with E-state index in [1.807, 2.05) is 6.20 Å². The average molecular weight is 341 g/mol. The zero-order chi connectivity index (χ0) is 16.5. The lowest BCUT2D eigenvalue weighted by molar-refractivity contribution is -0.117. The number of nitriles is 1. The Morgan fingerprint density at radius 2 is 2.25 bits per heavy atom. The smallest absolute Gasteiger partial charge is 0.239 e. The number of carbonyl (C=O) groups excluding carboxylic acids is 1. The van der Waals surface area contributed by atoms with Gasteiger partial charge in [-0.3, -0.25) is 9.69 Å². The Morgan fingerprint density at radius 3 is 3.12 bits per heavy atom. The molecule has 0 fully saturated rings. The number of aryl methyl sites for hydroxylation is 1. The van der Waals surface area contributed by atoms with E-state index in [1.54, 1.807) is 17.5 Å². The van der Waals surface area contributed by atoms with E-state index in [0.29, 0.717) is 18.7 Å². The number of aromatic nitrogens is 2. The summed E-state index contributed by atoms with van der Waals surface area (Å²) < 4.78 is 2.12. The van der Waals surface area contributed by atoms with Gasteiger partial charge < -0.3 is 9.88 Å². The van der Waals surface area contributed by atoms with Crippen molar-refractivity contribution in [1.29, 1.82) is 5.26 Å². The summed E-state index contributed by atoms with van der Waals surface area (Å²) in [4.78, 5) is 20.1. The van der Waals surface area contributed by atoms with Gasteiger partial charge in [0.15, 0.2) is 0 Å². The molecule has 0 saturated heterocycles. The maximum Gasteiger partial charge on any atom is 0.239 e. The molecule has 24 heavy (non-hydrogen) atoms. The first-order valence-electron chi connectivity index (χ1n) is 8.31. The van der Waals surface area contributed by atoms with Gasteiger partial charge >= 0.3 is 0 Å². The summed E-state index contributed by atoms with van der Waals surface area (Å²) in [7, 11) is 0. The predicted octanol–water partition coefficient (Wildman–Crippen LogP) is 2.15. The van der Waals surface area contributed by atoms with Gasteiger partial charge in [0.05, 0.1) is 18.7 Å². The lowest BCUT2D eigenvalue weighted by Gasteiger charge is -2.26. The lowest BCUT2D eigenvalue weighted by Crippen LogP contribution is -2.39. The van der Waals surface area contributed by atoms with Gasteiger partial charge in [-0.15, -0.1) is 11.3 Å². The molecule has 0 saturated carbocycles. The first-order valence-corrected chi connectivity index (χ1v) is 9.13. The molecular weight excluding hydrogens is 322 g/mol. The van der Waals surface area contributed by atoms with Crippen molar-refractivity contribution in [2.75, 3.05) is 18.4 Å². The van der Waals surface area contributed by atoms with Crippen LogP contribution in [0.25, 0.3) is 0 Å². The number of hydrogen-bond donors (Lipinski definition) is 1. The zero-order valence-electron chi connectivity index (χ0n) is 13.4. The molecule has 0 spiro atoms. The number of carbonyl (C=O) groups is 1. The SMILES string of the molecule is N#Cc1c(NC(=O)CN2CCn3ccnc3C2)sc2c1CCCC2. The summed E-state index contributed by atoms with van der Waals surface area (Å²) in [6, 6.07) is 2.29. The minimum atomic E-state index is -0.0508. The van der Waals surface area contributed by atoms with Crippen LogP contribution >= 0.6 is 11.3 Å². The highest BCUT2D eigenvalue weighted by atomic mass is 32.1. The van der Waals surface area contributed by atoms with Crippen molar-refractivity contribution in [3.05, 3.63) is 34.2 Å². The summed E-state index contributed by atoms with van der Waals surface area (Å²) in [5.41, 5.74) is 1.83. The Morgan fingerprint density at radius 1 is 1.38 bits per heavy atom. The van der Waals surface area contributed by atoms with E-state index in [1.165, 1.54) is 11.3 Å². The van der Waals surface area contributed by atoms with E-state index in [9.17, 15) is 10.1 Å². The van der Waals surface area contributed by atoms with Gasteiger partial charge in [-0.1, -0.05) is 0 Å². The monoisotopic (exact) mass is 341 g/mol. The number of rotatable bonds is 3. The van der Waals surface area contributed by atoms with Crippen LogP contribution in [0.1, 0.15) is 34.7 Å². The van der Waals surface area contributed by atoms with Crippen molar-refractivity contribution >= 4 is 22.2 Å². The molecule has 2 aromatic heterocycles. The number of nitrogens with one attached hydrogen (secondary N) is 1. The Kier molecular flexibility index (Phi) is 4.08. The number of thiophene rings is 1. The van der Waals surface area contributed by atoms with Crippen molar-refractivity contribution in [3.63, 3.8) is 0 Å². The molecule has 1 aliphatic carbocycles. The third-order valence-corrected chi connectivity index (χ3v) is 5.93. The summed E-state index contributed by atoms with van der Waals surface area (Å²) in [5.74, 6) is 0.948. The van der Waals surface area contributed by atoms with E-state index in [4.69, 9.17) is 0 Å². The molecule has 1 aliphatic heterocycles. The number of anilines is 1. The van der Waals surface area contributed by atoms with Crippen LogP contribution in [0.3, 0.4) is 0 Å². The molecule has 0 unspecified atom stereocenters. The molecule has 124 valence electrons. The minimum absolute atomic E-state index is 0.0508. The largest absolute Gasteiger partial charge is 0.333 e. The number of fused-ring (bicyclic) bond motifs is 2. The zero-order valence-corrected chi connectivity index (χ0v) is 14.2. The molecule has 0 bridgehead atoms. The fourth-order valence-corrected chi connectivity index (χ4v) is 4.76. The highest BCUT2D eigenvalue weighted by molar-refractivity contribution is 7.16. The summed E-state index contributed by atoms with van der Waals surface area (Å²) in [6.07, 6.45) is 8.06. The topological polar surface area (TPSA) is 74.0 Å². The molecular formula is C17H19N5OS. The highest BCUT2D eigenvalue weighted by Crippen LogP contribution is 2.37. The second-order valence-corrected chi connectivity index (χ2v) is 7.43. The highest BCUT2D eigenvalue weighted by Gasteiger charge is 2.23. The molecule has 0 radical (unpaired) electrons. The van der Waals surface area contributed by atoms with Crippen LogP contribution in [-0.4, -0.2) is 33.4 Å². The number of nitrogens with zero attached hydrogens (tertiary/aromatic N) is 4. The minimum Gasteiger partial charge on any atom is -0.333 e. The van der Waals surface area contributed by atoms with Crippen molar-refractivity contribution in [3.8, 4) is 6.07 Å². The summed E-state index contributed by atoms with van der Waals surface area (Å²) in [6.45, 7) is 2.72. The summed E-state index contributed by atoms with van der Waals surface area (Å²) >= 11 is 1.58. The Labute approximate surface area is 144 Å². The van der Waals surface area contributed by atoms with Crippen molar-refractivity contribution < 1.29 is 4.79 Å². The van der Waals surface area contributed by atoms with Gasteiger partial charge in [0.1, 0.15) is 16.9 Å². The van der Waals surface area contributed by atoms with Crippen LogP contribution in [-0.2, 0) is 30.7 Å². The summed E-state index contributed by atoms with van der Waals surface area (Å²) in [5, 5.41) is 13.2. The van der Waals surface area contributed by atoms with Crippen LogP contribution in [0, 0.1) is 11.3 Å². The normalized spacial score (nSPS) is 17.0. The third kappa shape index (κ3) is 2.83. The van der Waals surface area contributed by atoms with Gasteiger partial charge in [-0.25, -0.2) is 4.98 Å². The van der Waals surface area contributed by atoms with E-state index in [-0.39, 0.29) is 5.91 Å². The predicted molar refractivity (Wildman–Crippen MR) is 91.8 cm³/mol. The van der Waals surface area contributed by atoms with Crippen LogP contribution in [0.15, 0.2) is 12.4 Å². The number of imidazole rings is 1. The third-order valence-electron chi connectivity index (χ3n) is 4.73. The maximum absolute atomic E-state index is 12.4. The second-order valence-electron chi connectivity index (χ2n) is 6.32. The Balaban J connectivity index is 1.44. The van der Waals surface area contributed by atoms with Crippen LogP contribution in [0.2, 0.25) is 0 Å². The molecule has 3 heterocycles. The molecule has 0 aromatic carbocycles. The molecule has 6 nitrogen and oxygen atoms in total. The first kappa shape index (κ1) is 15.4. The van der Waals surface area contributed by atoms with Gasteiger partial charge in [-0.2, -0.15) is 5.26 Å². The van der Waals surface area contributed by atoms with Crippen LogP contribution < -0.4 is 5.32 Å². The molecule has 1 N–H and O–H groups in total. The van der Waals surface area contributed by atoms with Gasteiger partial charge in [0.2, 0.25) is 5.91 Å². The van der Waals surface area contributed by atoms with Crippen molar-refractivity contribution in [2.24, 2.45) is 0 Å². The fourth-order valence-electron chi connectivity index (χ4n) is 3.50.